The summed E-state index contributed by atoms with van der Waals surface area (Å²) in [4.78, 5) is 39.4. The van der Waals surface area contributed by atoms with Gasteiger partial charge in [0.25, 0.3) is 0 Å². The number of carbonyl (C=O) groups excluding carboxylic acids is 3. The van der Waals surface area contributed by atoms with Gasteiger partial charge in [0.1, 0.15) is 0 Å². The van der Waals surface area contributed by atoms with Crippen LogP contribution in [0.2, 0.25) is 0 Å². The third-order valence-electron chi connectivity index (χ3n) is 4.09. The third kappa shape index (κ3) is 6.19. The second-order valence-electron chi connectivity index (χ2n) is 6.47. The predicted molar refractivity (Wildman–Crippen MR) is 94.7 cm³/mol. The highest BCUT2D eigenvalue weighted by molar-refractivity contribution is 5.95. The Morgan fingerprint density at radius 3 is 2.28 bits per heavy atom. The lowest BCUT2D eigenvalue weighted by molar-refractivity contribution is -0.136. The first-order chi connectivity index (χ1) is 12.0. The number of imide groups is 1. The first-order valence-electron chi connectivity index (χ1n) is 8.58. The van der Waals surface area contributed by atoms with E-state index >= 15 is 0 Å². The summed E-state index contributed by atoms with van der Waals surface area (Å²) in [6.45, 7) is 6.80. The number of piperazine rings is 1. The normalized spacial score (nSPS) is 15.1. The molecule has 0 bridgehead atoms. The standard InChI is InChI=1S/C18H26N4O3/c1-14(2)17(24)22-10-8-21(9-11-22)13-16(23)20-18(25)19-12-15-6-4-3-5-7-15/h3-7,14H,8-13H2,1-2H3,(H2,19,20,23,25). The van der Waals surface area contributed by atoms with Crippen LogP contribution in [0.1, 0.15) is 19.4 Å². The summed E-state index contributed by atoms with van der Waals surface area (Å²) in [5, 5.41) is 5.00. The predicted octanol–water partition coefficient (Wildman–Crippen LogP) is 0.813. The summed E-state index contributed by atoms with van der Waals surface area (Å²) in [7, 11) is 0. The van der Waals surface area contributed by atoms with Gasteiger partial charge in [-0.1, -0.05) is 44.2 Å². The highest BCUT2D eigenvalue weighted by Crippen LogP contribution is 2.06. The smallest absolute Gasteiger partial charge is 0.321 e. The maximum absolute atomic E-state index is 12.0. The molecule has 1 saturated heterocycles. The topological polar surface area (TPSA) is 81.8 Å². The fourth-order valence-electron chi connectivity index (χ4n) is 2.68. The quantitative estimate of drug-likeness (QED) is 0.827. The molecular formula is C18H26N4O3. The highest BCUT2D eigenvalue weighted by atomic mass is 16.2. The Bertz CT molecular complexity index is 596. The molecule has 0 atom stereocenters. The zero-order valence-electron chi connectivity index (χ0n) is 14.8. The molecule has 2 N–H and O–H groups in total. The van der Waals surface area contributed by atoms with E-state index in [1.165, 1.54) is 0 Å². The molecule has 1 heterocycles. The van der Waals surface area contributed by atoms with Crippen LogP contribution in [0.3, 0.4) is 0 Å². The van der Waals surface area contributed by atoms with Crippen LogP contribution >= 0.6 is 0 Å². The van der Waals surface area contributed by atoms with Crippen molar-refractivity contribution in [3.63, 3.8) is 0 Å². The van der Waals surface area contributed by atoms with Crippen molar-refractivity contribution in [3.05, 3.63) is 35.9 Å². The van der Waals surface area contributed by atoms with Crippen LogP contribution in [0.15, 0.2) is 30.3 Å². The molecule has 1 aromatic carbocycles. The highest BCUT2D eigenvalue weighted by Gasteiger charge is 2.24. The molecule has 0 spiro atoms. The maximum Gasteiger partial charge on any atom is 0.321 e. The number of urea groups is 1. The minimum absolute atomic E-state index is 0.0110. The Balaban J connectivity index is 1.67. The van der Waals surface area contributed by atoms with Gasteiger partial charge in [0, 0.05) is 38.6 Å². The molecule has 1 aromatic rings. The van der Waals surface area contributed by atoms with Gasteiger partial charge in [0.05, 0.1) is 6.54 Å². The number of amides is 4. The number of hydrogen-bond donors (Lipinski definition) is 2. The Labute approximate surface area is 148 Å². The van der Waals surface area contributed by atoms with E-state index in [0.717, 1.165) is 5.56 Å². The fraction of sp³-hybridized carbons (Fsp3) is 0.500. The molecule has 4 amide bonds. The van der Waals surface area contributed by atoms with E-state index in [0.29, 0.717) is 32.7 Å². The summed E-state index contributed by atoms with van der Waals surface area (Å²) >= 11 is 0. The lowest BCUT2D eigenvalue weighted by Gasteiger charge is -2.35. The van der Waals surface area contributed by atoms with Gasteiger partial charge in [-0.15, -0.1) is 0 Å². The molecule has 0 unspecified atom stereocenters. The zero-order chi connectivity index (χ0) is 18.2. The first kappa shape index (κ1) is 18.9. The van der Waals surface area contributed by atoms with Crippen LogP contribution in [0, 0.1) is 5.92 Å². The molecule has 136 valence electrons. The fourth-order valence-corrected chi connectivity index (χ4v) is 2.68. The molecule has 0 radical (unpaired) electrons. The molecule has 0 aromatic heterocycles. The summed E-state index contributed by atoms with van der Waals surface area (Å²) in [5.41, 5.74) is 0.969. The molecule has 0 aliphatic carbocycles. The molecule has 7 nitrogen and oxygen atoms in total. The van der Waals surface area contributed by atoms with Crippen LogP contribution in [0.5, 0.6) is 0 Å². The summed E-state index contributed by atoms with van der Waals surface area (Å²) in [6.07, 6.45) is 0. The van der Waals surface area contributed by atoms with E-state index in [4.69, 9.17) is 0 Å². The Morgan fingerprint density at radius 1 is 1.04 bits per heavy atom. The van der Waals surface area contributed by atoms with Crippen molar-refractivity contribution < 1.29 is 14.4 Å². The van der Waals surface area contributed by atoms with Gasteiger partial charge >= 0.3 is 6.03 Å². The molecule has 7 heteroatoms. The lowest BCUT2D eigenvalue weighted by Crippen LogP contribution is -2.52. The van der Waals surface area contributed by atoms with Crippen molar-refractivity contribution in [2.75, 3.05) is 32.7 Å². The van der Waals surface area contributed by atoms with Crippen LogP contribution in [0.25, 0.3) is 0 Å². The van der Waals surface area contributed by atoms with Crippen LogP contribution in [-0.4, -0.2) is 60.4 Å². The van der Waals surface area contributed by atoms with Crippen LogP contribution < -0.4 is 10.6 Å². The molecule has 1 aliphatic heterocycles. The number of benzene rings is 1. The second kappa shape index (κ2) is 9.17. The van der Waals surface area contributed by atoms with Gasteiger partial charge in [0.2, 0.25) is 11.8 Å². The number of nitrogens with one attached hydrogen (secondary N) is 2. The van der Waals surface area contributed by atoms with Crippen molar-refractivity contribution in [2.24, 2.45) is 5.92 Å². The van der Waals surface area contributed by atoms with E-state index in [1.807, 2.05) is 54.0 Å². The van der Waals surface area contributed by atoms with Gasteiger partial charge in [-0.3, -0.25) is 19.8 Å². The van der Waals surface area contributed by atoms with Crippen molar-refractivity contribution in [3.8, 4) is 0 Å². The van der Waals surface area contributed by atoms with Crippen molar-refractivity contribution in [1.29, 1.82) is 0 Å². The molecule has 1 fully saturated rings. The van der Waals surface area contributed by atoms with Crippen LogP contribution in [-0.2, 0) is 16.1 Å². The van der Waals surface area contributed by atoms with Crippen molar-refractivity contribution in [1.82, 2.24) is 20.4 Å². The van der Waals surface area contributed by atoms with Gasteiger partial charge in [0.15, 0.2) is 0 Å². The second-order valence-corrected chi connectivity index (χ2v) is 6.47. The van der Waals surface area contributed by atoms with Crippen LogP contribution in [0.4, 0.5) is 4.79 Å². The summed E-state index contributed by atoms with van der Waals surface area (Å²) < 4.78 is 0. The summed E-state index contributed by atoms with van der Waals surface area (Å²) in [6, 6.07) is 9.00. The average molecular weight is 346 g/mol. The lowest BCUT2D eigenvalue weighted by atomic mass is 10.1. The molecule has 2 rings (SSSR count). The molecule has 1 aliphatic rings. The minimum Gasteiger partial charge on any atom is -0.340 e. The molecule has 0 saturated carbocycles. The Morgan fingerprint density at radius 2 is 1.68 bits per heavy atom. The van der Waals surface area contributed by atoms with E-state index < -0.39 is 6.03 Å². The van der Waals surface area contributed by atoms with Gasteiger partial charge in [-0.05, 0) is 5.56 Å². The SMILES string of the molecule is CC(C)C(=O)N1CCN(CC(=O)NC(=O)NCc2ccccc2)CC1. The number of nitrogens with zero attached hydrogens (tertiary/aromatic N) is 2. The van der Waals surface area contributed by atoms with E-state index in [2.05, 4.69) is 10.6 Å². The number of carbonyl (C=O) groups is 3. The van der Waals surface area contributed by atoms with E-state index in [1.54, 1.807) is 0 Å². The van der Waals surface area contributed by atoms with E-state index in [9.17, 15) is 14.4 Å². The molecular weight excluding hydrogens is 320 g/mol. The Kier molecular flexibility index (Phi) is 6.94. The minimum atomic E-state index is -0.498. The van der Waals surface area contributed by atoms with Gasteiger partial charge in [-0.2, -0.15) is 0 Å². The van der Waals surface area contributed by atoms with Crippen molar-refractivity contribution in [2.45, 2.75) is 20.4 Å². The average Bonchev–Trinajstić information content (AvgIpc) is 2.60. The van der Waals surface area contributed by atoms with Crippen molar-refractivity contribution >= 4 is 17.8 Å². The van der Waals surface area contributed by atoms with Gasteiger partial charge in [-0.25, -0.2) is 4.79 Å². The number of hydrogen-bond acceptors (Lipinski definition) is 4. The zero-order valence-corrected chi connectivity index (χ0v) is 14.8. The monoisotopic (exact) mass is 346 g/mol. The Hall–Kier alpha value is -2.41. The maximum atomic E-state index is 12.0. The third-order valence-corrected chi connectivity index (χ3v) is 4.09. The first-order valence-corrected chi connectivity index (χ1v) is 8.58. The van der Waals surface area contributed by atoms with Gasteiger partial charge < -0.3 is 10.2 Å². The van der Waals surface area contributed by atoms with E-state index in [-0.39, 0.29) is 24.3 Å². The molecule has 25 heavy (non-hydrogen) atoms. The summed E-state index contributed by atoms with van der Waals surface area (Å²) in [5.74, 6) is -0.207. The largest absolute Gasteiger partial charge is 0.340 e. The number of rotatable bonds is 5.